The molecule has 39 heavy (non-hydrogen) atoms. The number of ether oxygens (including phenoxy) is 1. The van der Waals surface area contributed by atoms with Crippen molar-refractivity contribution in [3.8, 4) is 11.6 Å². The number of rotatable bonds is 6. The third kappa shape index (κ3) is 5.49. The number of imidazole rings is 1. The number of fused-ring (bicyclic) bond motifs is 1. The molecule has 1 fully saturated rings. The van der Waals surface area contributed by atoms with Gasteiger partial charge in [-0.1, -0.05) is 23.7 Å². The molecule has 0 radical (unpaired) electrons. The van der Waals surface area contributed by atoms with E-state index in [0.29, 0.717) is 43.8 Å². The third-order valence-electron chi connectivity index (χ3n) is 7.01. The molecule has 1 aliphatic rings. The van der Waals surface area contributed by atoms with Crippen LogP contribution in [0.5, 0.6) is 5.88 Å². The van der Waals surface area contributed by atoms with Crippen LogP contribution in [0, 0.1) is 5.92 Å². The Morgan fingerprint density at radius 2 is 1.79 bits per heavy atom. The van der Waals surface area contributed by atoms with Crippen LogP contribution in [0.15, 0.2) is 59.7 Å². The van der Waals surface area contributed by atoms with Crippen LogP contribution >= 0.6 is 11.6 Å². The SMILES string of the molecule is COc1ccc(-n2c(=O)n(CC3CCC(NC(=O)c4cc(Cl)cnc4C(F)(F)F)CC3)c3ccccc32)cn1. The van der Waals surface area contributed by atoms with Gasteiger partial charge in [0.05, 0.1) is 40.6 Å². The highest BCUT2D eigenvalue weighted by Gasteiger charge is 2.38. The molecule has 0 saturated heterocycles. The summed E-state index contributed by atoms with van der Waals surface area (Å²) < 4.78 is 48.5. The number of hydrogen-bond acceptors (Lipinski definition) is 5. The number of pyridine rings is 2. The Morgan fingerprint density at radius 3 is 2.44 bits per heavy atom. The lowest BCUT2D eigenvalue weighted by Gasteiger charge is -2.29. The molecule has 204 valence electrons. The summed E-state index contributed by atoms with van der Waals surface area (Å²) in [7, 11) is 1.52. The Morgan fingerprint density at radius 1 is 1.08 bits per heavy atom. The van der Waals surface area contributed by atoms with Gasteiger partial charge in [0.2, 0.25) is 5.88 Å². The number of para-hydroxylation sites is 2. The van der Waals surface area contributed by atoms with Crippen molar-refractivity contribution < 1.29 is 22.7 Å². The number of nitrogens with one attached hydrogen (secondary N) is 1. The van der Waals surface area contributed by atoms with Crippen molar-refractivity contribution in [3.63, 3.8) is 0 Å². The highest BCUT2D eigenvalue weighted by Crippen LogP contribution is 2.32. The normalized spacial score (nSPS) is 17.8. The van der Waals surface area contributed by atoms with Gasteiger partial charge in [0.15, 0.2) is 5.69 Å². The van der Waals surface area contributed by atoms with Gasteiger partial charge in [-0.3, -0.25) is 13.9 Å². The van der Waals surface area contributed by atoms with Crippen LogP contribution in [0.1, 0.15) is 41.7 Å². The second kappa shape index (κ2) is 10.7. The number of halogens is 4. The number of aromatic nitrogens is 4. The van der Waals surface area contributed by atoms with Gasteiger partial charge in [0, 0.05) is 24.8 Å². The zero-order valence-corrected chi connectivity index (χ0v) is 21.7. The number of amides is 1. The standard InChI is InChI=1S/C27H25ClF3N5O3/c1-39-23-11-10-19(14-32-23)36-22-5-3-2-4-21(22)35(26(36)38)15-16-6-8-18(9-7-16)34-25(37)20-12-17(28)13-33-24(20)27(29,30)31/h2-5,10-14,16,18H,6-9,15H2,1H3,(H,34,37). The number of methoxy groups -OCH3 is 1. The first kappa shape index (κ1) is 26.7. The second-order valence-corrected chi connectivity index (χ2v) is 9.95. The highest BCUT2D eigenvalue weighted by molar-refractivity contribution is 6.30. The summed E-state index contributed by atoms with van der Waals surface area (Å²) in [4.78, 5) is 33.8. The van der Waals surface area contributed by atoms with E-state index in [1.54, 1.807) is 27.5 Å². The van der Waals surface area contributed by atoms with Crippen LogP contribution < -0.4 is 15.7 Å². The number of alkyl halides is 3. The fraction of sp³-hybridized carbons (Fsp3) is 0.333. The molecule has 0 bridgehead atoms. The second-order valence-electron chi connectivity index (χ2n) is 9.51. The van der Waals surface area contributed by atoms with Crippen LogP contribution in [-0.4, -0.2) is 38.2 Å². The van der Waals surface area contributed by atoms with Gasteiger partial charge in [0.1, 0.15) is 0 Å². The van der Waals surface area contributed by atoms with Crippen molar-refractivity contribution in [2.24, 2.45) is 5.92 Å². The van der Waals surface area contributed by atoms with E-state index in [1.807, 2.05) is 24.3 Å². The molecule has 0 aliphatic heterocycles. The monoisotopic (exact) mass is 559 g/mol. The predicted octanol–water partition coefficient (Wildman–Crippen LogP) is 5.25. The zero-order chi connectivity index (χ0) is 27.7. The predicted molar refractivity (Wildman–Crippen MR) is 139 cm³/mol. The molecule has 4 aromatic rings. The van der Waals surface area contributed by atoms with Gasteiger partial charge in [-0.05, 0) is 55.9 Å². The molecule has 0 atom stereocenters. The summed E-state index contributed by atoms with van der Waals surface area (Å²) in [6, 6.07) is 11.7. The van der Waals surface area contributed by atoms with E-state index in [4.69, 9.17) is 16.3 Å². The van der Waals surface area contributed by atoms with Crippen LogP contribution in [-0.2, 0) is 12.7 Å². The van der Waals surface area contributed by atoms with E-state index in [0.717, 1.165) is 23.3 Å². The van der Waals surface area contributed by atoms with Crippen molar-refractivity contribution in [1.82, 2.24) is 24.4 Å². The number of nitrogens with zero attached hydrogens (tertiary/aromatic N) is 4. The first-order chi connectivity index (χ1) is 18.7. The number of hydrogen-bond donors (Lipinski definition) is 1. The molecule has 3 heterocycles. The summed E-state index contributed by atoms with van der Waals surface area (Å²) in [5.74, 6) is -0.253. The van der Waals surface area contributed by atoms with Gasteiger partial charge < -0.3 is 10.1 Å². The van der Waals surface area contributed by atoms with Gasteiger partial charge in [-0.25, -0.2) is 14.8 Å². The third-order valence-corrected chi connectivity index (χ3v) is 7.22. The summed E-state index contributed by atoms with van der Waals surface area (Å²) >= 11 is 5.81. The minimum atomic E-state index is -4.77. The first-order valence-electron chi connectivity index (χ1n) is 12.4. The van der Waals surface area contributed by atoms with E-state index in [1.165, 1.54) is 7.11 Å². The fourth-order valence-electron chi connectivity index (χ4n) is 5.11. The van der Waals surface area contributed by atoms with Crippen molar-refractivity contribution in [2.45, 2.75) is 44.4 Å². The Hall–Kier alpha value is -3.86. The Kier molecular flexibility index (Phi) is 7.35. The lowest BCUT2D eigenvalue weighted by molar-refractivity contribution is -0.141. The largest absolute Gasteiger partial charge is 0.481 e. The molecule has 1 aromatic carbocycles. The maximum atomic E-state index is 13.5. The molecule has 1 amide bonds. The van der Waals surface area contributed by atoms with Gasteiger partial charge in [-0.15, -0.1) is 0 Å². The van der Waals surface area contributed by atoms with Crippen LogP contribution in [0.4, 0.5) is 13.2 Å². The van der Waals surface area contributed by atoms with E-state index >= 15 is 0 Å². The molecule has 1 aliphatic carbocycles. The number of carbonyl (C=O) groups is 1. The molecule has 0 spiro atoms. The highest BCUT2D eigenvalue weighted by atomic mass is 35.5. The maximum absolute atomic E-state index is 13.5. The topological polar surface area (TPSA) is 91.0 Å². The van der Waals surface area contributed by atoms with E-state index < -0.39 is 23.3 Å². The molecule has 3 aromatic heterocycles. The minimum Gasteiger partial charge on any atom is -0.481 e. The van der Waals surface area contributed by atoms with Crippen molar-refractivity contribution >= 4 is 28.5 Å². The molecule has 1 saturated carbocycles. The van der Waals surface area contributed by atoms with Gasteiger partial charge in [-0.2, -0.15) is 13.2 Å². The summed E-state index contributed by atoms with van der Waals surface area (Å²) in [6.45, 7) is 0.479. The number of benzene rings is 1. The Balaban J connectivity index is 1.30. The van der Waals surface area contributed by atoms with Crippen LogP contribution in [0.3, 0.4) is 0 Å². The van der Waals surface area contributed by atoms with Gasteiger partial charge in [0.25, 0.3) is 5.91 Å². The number of carbonyl (C=O) groups excluding carboxylic acids is 1. The van der Waals surface area contributed by atoms with E-state index in [2.05, 4.69) is 15.3 Å². The summed E-state index contributed by atoms with van der Waals surface area (Å²) in [5.41, 5.74) is 0.126. The first-order valence-corrected chi connectivity index (χ1v) is 12.8. The molecule has 1 N–H and O–H groups in total. The molecular formula is C27H25ClF3N5O3. The van der Waals surface area contributed by atoms with E-state index in [9.17, 15) is 22.8 Å². The maximum Gasteiger partial charge on any atom is 0.434 e. The van der Waals surface area contributed by atoms with E-state index in [-0.39, 0.29) is 22.7 Å². The molecular weight excluding hydrogens is 535 g/mol. The molecule has 8 nitrogen and oxygen atoms in total. The van der Waals surface area contributed by atoms with Crippen LogP contribution in [0.2, 0.25) is 5.02 Å². The average molecular weight is 560 g/mol. The van der Waals surface area contributed by atoms with Crippen molar-refractivity contribution in [3.05, 3.63) is 81.6 Å². The molecule has 5 rings (SSSR count). The Labute approximate surface area is 226 Å². The average Bonchev–Trinajstić information content (AvgIpc) is 3.20. The smallest absolute Gasteiger partial charge is 0.434 e. The quantitative estimate of drug-likeness (QED) is 0.348. The minimum absolute atomic E-state index is 0.0492. The molecule has 0 unspecified atom stereocenters. The van der Waals surface area contributed by atoms with Crippen molar-refractivity contribution in [2.75, 3.05) is 7.11 Å². The van der Waals surface area contributed by atoms with Crippen molar-refractivity contribution in [1.29, 1.82) is 0 Å². The lowest BCUT2D eigenvalue weighted by atomic mass is 9.85. The van der Waals surface area contributed by atoms with Gasteiger partial charge >= 0.3 is 11.9 Å². The van der Waals surface area contributed by atoms with Crippen LogP contribution in [0.25, 0.3) is 16.7 Å². The summed E-state index contributed by atoms with van der Waals surface area (Å²) in [5, 5.41) is 2.66. The lowest BCUT2D eigenvalue weighted by Crippen LogP contribution is -2.39. The Bertz CT molecular complexity index is 1560. The summed E-state index contributed by atoms with van der Waals surface area (Å²) in [6.07, 6.45) is 0.217. The molecule has 12 heteroatoms. The fourth-order valence-corrected chi connectivity index (χ4v) is 5.27. The zero-order valence-electron chi connectivity index (χ0n) is 20.9.